The first-order valence-electron chi connectivity index (χ1n) is 4.99. The molecule has 0 aliphatic carbocycles. The standard InChI is InChI=1S/C12H10N4/c13-16-11-4-2-1-3-10(11)15-12(16)9-5-7-14-8-6-9/h1-8H,13H2. The van der Waals surface area contributed by atoms with Crippen LogP contribution in [0.3, 0.4) is 0 Å². The van der Waals surface area contributed by atoms with E-state index in [1.54, 1.807) is 17.1 Å². The van der Waals surface area contributed by atoms with Gasteiger partial charge < -0.3 is 5.84 Å². The first-order chi connectivity index (χ1) is 7.86. The summed E-state index contributed by atoms with van der Waals surface area (Å²) in [5.74, 6) is 6.76. The normalized spacial score (nSPS) is 10.8. The summed E-state index contributed by atoms with van der Waals surface area (Å²) >= 11 is 0. The van der Waals surface area contributed by atoms with E-state index in [1.165, 1.54) is 0 Å². The summed E-state index contributed by atoms with van der Waals surface area (Å²) < 4.78 is 1.60. The van der Waals surface area contributed by atoms with E-state index < -0.39 is 0 Å². The number of aromatic nitrogens is 3. The fraction of sp³-hybridized carbons (Fsp3) is 0. The molecule has 2 heterocycles. The maximum absolute atomic E-state index is 6.00. The van der Waals surface area contributed by atoms with Gasteiger partial charge in [-0.1, -0.05) is 12.1 Å². The van der Waals surface area contributed by atoms with Crippen molar-refractivity contribution in [3.8, 4) is 11.4 Å². The molecule has 0 aliphatic rings. The van der Waals surface area contributed by atoms with Gasteiger partial charge in [-0.25, -0.2) is 9.66 Å². The zero-order chi connectivity index (χ0) is 11.0. The van der Waals surface area contributed by atoms with E-state index in [-0.39, 0.29) is 0 Å². The van der Waals surface area contributed by atoms with Crippen LogP contribution < -0.4 is 5.84 Å². The SMILES string of the molecule is Nn1c(-c2ccncc2)nc2ccccc21. The van der Waals surface area contributed by atoms with Gasteiger partial charge in [0.2, 0.25) is 0 Å². The van der Waals surface area contributed by atoms with Crippen molar-refractivity contribution in [3.63, 3.8) is 0 Å². The van der Waals surface area contributed by atoms with Crippen molar-refractivity contribution < 1.29 is 0 Å². The Bertz CT molecular complexity index is 628. The average Bonchev–Trinajstić information content (AvgIpc) is 2.69. The molecular formula is C12H10N4. The number of imidazole rings is 1. The van der Waals surface area contributed by atoms with Gasteiger partial charge in [0.05, 0.1) is 11.0 Å². The number of hydrogen-bond acceptors (Lipinski definition) is 3. The van der Waals surface area contributed by atoms with Gasteiger partial charge in [0.25, 0.3) is 0 Å². The summed E-state index contributed by atoms with van der Waals surface area (Å²) in [6.07, 6.45) is 3.46. The molecule has 0 atom stereocenters. The van der Waals surface area contributed by atoms with Gasteiger partial charge in [0, 0.05) is 18.0 Å². The van der Waals surface area contributed by atoms with Gasteiger partial charge in [-0.15, -0.1) is 0 Å². The van der Waals surface area contributed by atoms with Crippen LogP contribution in [0, 0.1) is 0 Å². The Hall–Kier alpha value is -2.36. The molecule has 2 N–H and O–H groups in total. The molecule has 0 amide bonds. The molecule has 0 saturated carbocycles. The number of fused-ring (bicyclic) bond motifs is 1. The van der Waals surface area contributed by atoms with Crippen molar-refractivity contribution in [2.75, 3.05) is 5.84 Å². The van der Waals surface area contributed by atoms with Crippen LogP contribution in [0.4, 0.5) is 0 Å². The first-order valence-corrected chi connectivity index (χ1v) is 4.99. The number of rotatable bonds is 1. The Labute approximate surface area is 92.3 Å². The monoisotopic (exact) mass is 210 g/mol. The summed E-state index contributed by atoms with van der Waals surface area (Å²) in [4.78, 5) is 8.47. The smallest absolute Gasteiger partial charge is 0.159 e. The van der Waals surface area contributed by atoms with Crippen molar-refractivity contribution in [2.24, 2.45) is 0 Å². The third-order valence-corrected chi connectivity index (χ3v) is 2.53. The molecule has 0 saturated heterocycles. The maximum Gasteiger partial charge on any atom is 0.159 e. The number of nitrogens with zero attached hydrogens (tertiary/aromatic N) is 3. The molecule has 16 heavy (non-hydrogen) atoms. The van der Waals surface area contributed by atoms with Crippen molar-refractivity contribution >= 4 is 11.0 Å². The van der Waals surface area contributed by atoms with Crippen LogP contribution in [0.5, 0.6) is 0 Å². The minimum Gasteiger partial charge on any atom is -0.337 e. The molecule has 0 unspecified atom stereocenters. The molecule has 2 aromatic heterocycles. The van der Waals surface area contributed by atoms with E-state index >= 15 is 0 Å². The number of para-hydroxylation sites is 2. The fourth-order valence-electron chi connectivity index (χ4n) is 1.75. The van der Waals surface area contributed by atoms with Crippen molar-refractivity contribution in [3.05, 3.63) is 48.8 Å². The molecule has 3 aromatic rings. The van der Waals surface area contributed by atoms with Gasteiger partial charge in [-0.05, 0) is 24.3 Å². The lowest BCUT2D eigenvalue weighted by Crippen LogP contribution is -2.09. The second-order valence-electron chi connectivity index (χ2n) is 3.53. The van der Waals surface area contributed by atoms with Crippen LogP contribution in [0.15, 0.2) is 48.8 Å². The minimum absolute atomic E-state index is 0.753. The lowest BCUT2D eigenvalue weighted by molar-refractivity contribution is 1.05. The predicted molar refractivity (Wildman–Crippen MR) is 63.1 cm³/mol. The maximum atomic E-state index is 6.00. The van der Waals surface area contributed by atoms with E-state index in [2.05, 4.69) is 9.97 Å². The molecule has 4 heteroatoms. The van der Waals surface area contributed by atoms with Gasteiger partial charge >= 0.3 is 0 Å². The predicted octanol–water partition coefficient (Wildman–Crippen LogP) is 1.81. The molecule has 3 rings (SSSR count). The Morgan fingerprint density at radius 2 is 1.75 bits per heavy atom. The molecule has 0 radical (unpaired) electrons. The highest BCUT2D eigenvalue weighted by Crippen LogP contribution is 2.21. The van der Waals surface area contributed by atoms with E-state index in [4.69, 9.17) is 5.84 Å². The topological polar surface area (TPSA) is 56.7 Å². The van der Waals surface area contributed by atoms with E-state index in [0.717, 1.165) is 22.4 Å². The Morgan fingerprint density at radius 3 is 2.50 bits per heavy atom. The molecule has 0 fully saturated rings. The van der Waals surface area contributed by atoms with E-state index in [1.807, 2.05) is 36.4 Å². The van der Waals surface area contributed by atoms with Gasteiger partial charge in [-0.3, -0.25) is 4.98 Å². The fourth-order valence-corrected chi connectivity index (χ4v) is 1.75. The third-order valence-electron chi connectivity index (χ3n) is 2.53. The van der Waals surface area contributed by atoms with Crippen LogP contribution in [0.2, 0.25) is 0 Å². The van der Waals surface area contributed by atoms with Crippen LogP contribution >= 0.6 is 0 Å². The van der Waals surface area contributed by atoms with Crippen molar-refractivity contribution in [1.82, 2.24) is 14.6 Å². The Balaban J connectivity index is 2.29. The van der Waals surface area contributed by atoms with Gasteiger partial charge in [0.15, 0.2) is 5.82 Å². The number of nitrogens with two attached hydrogens (primary N) is 1. The number of pyridine rings is 1. The highest BCUT2D eigenvalue weighted by Gasteiger charge is 2.08. The van der Waals surface area contributed by atoms with Crippen molar-refractivity contribution in [2.45, 2.75) is 0 Å². The van der Waals surface area contributed by atoms with Crippen molar-refractivity contribution in [1.29, 1.82) is 0 Å². The number of nitrogen functional groups attached to an aromatic ring is 1. The Morgan fingerprint density at radius 1 is 1.00 bits per heavy atom. The quantitative estimate of drug-likeness (QED) is 0.623. The van der Waals surface area contributed by atoms with Crippen LogP contribution in [0.25, 0.3) is 22.4 Å². The second-order valence-corrected chi connectivity index (χ2v) is 3.53. The zero-order valence-corrected chi connectivity index (χ0v) is 8.54. The molecule has 0 bridgehead atoms. The van der Waals surface area contributed by atoms with E-state index in [9.17, 15) is 0 Å². The van der Waals surface area contributed by atoms with Crippen LogP contribution in [0.1, 0.15) is 0 Å². The summed E-state index contributed by atoms with van der Waals surface area (Å²) in [6, 6.07) is 11.6. The second kappa shape index (κ2) is 3.34. The van der Waals surface area contributed by atoms with Gasteiger partial charge in [-0.2, -0.15) is 0 Å². The molecule has 0 aliphatic heterocycles. The van der Waals surface area contributed by atoms with Crippen LogP contribution in [-0.4, -0.2) is 14.6 Å². The summed E-state index contributed by atoms with van der Waals surface area (Å²) in [6.45, 7) is 0. The molecule has 4 nitrogen and oxygen atoms in total. The summed E-state index contributed by atoms with van der Waals surface area (Å²) in [5, 5.41) is 0. The minimum atomic E-state index is 0.753. The molecular weight excluding hydrogens is 200 g/mol. The average molecular weight is 210 g/mol. The molecule has 78 valence electrons. The number of hydrogen-bond donors (Lipinski definition) is 1. The zero-order valence-electron chi connectivity index (χ0n) is 8.54. The summed E-state index contributed by atoms with van der Waals surface area (Å²) in [7, 11) is 0. The lowest BCUT2D eigenvalue weighted by atomic mass is 10.2. The van der Waals surface area contributed by atoms with E-state index in [0.29, 0.717) is 0 Å². The molecule has 1 aromatic carbocycles. The Kier molecular flexibility index (Phi) is 1.86. The third kappa shape index (κ3) is 1.24. The first kappa shape index (κ1) is 8.91. The van der Waals surface area contributed by atoms with Gasteiger partial charge in [0.1, 0.15) is 0 Å². The highest BCUT2D eigenvalue weighted by atomic mass is 15.3. The lowest BCUT2D eigenvalue weighted by Gasteiger charge is -2.00. The molecule has 0 spiro atoms. The number of benzene rings is 1. The summed E-state index contributed by atoms with van der Waals surface area (Å²) in [5.41, 5.74) is 2.79. The highest BCUT2D eigenvalue weighted by molar-refractivity contribution is 5.80. The largest absolute Gasteiger partial charge is 0.337 e. The van der Waals surface area contributed by atoms with Crippen LogP contribution in [-0.2, 0) is 0 Å².